The van der Waals surface area contributed by atoms with Crippen molar-refractivity contribution in [2.45, 2.75) is 31.8 Å². The number of pyridine rings is 2. The van der Waals surface area contributed by atoms with Gasteiger partial charge in [-0.25, -0.2) is 9.78 Å². The molecule has 9 heteroatoms. The molecule has 41 heavy (non-hydrogen) atoms. The highest BCUT2D eigenvalue weighted by Crippen LogP contribution is 2.54. The van der Waals surface area contributed by atoms with Crippen LogP contribution in [0.25, 0.3) is 28.2 Å². The lowest BCUT2D eigenvalue weighted by Gasteiger charge is -2.28. The standard InChI is InChI=1S/C32H30N4O5/c1-17-21(3-2-10-33-17)30-23(31(41-35-30)18-4-5-18)8-7-22-25-13-36(14-26(22)25)19-6-9-27-24(11-19)29(40-20-15-39-16-20)12-28(34-27)32(37)38/h2-3,6-12,18,20,22,25-26H,4-5,13-16H2,1H3,(H,37,38)/b8-7+. The van der Waals surface area contributed by atoms with Crippen LogP contribution in [0.2, 0.25) is 0 Å². The Labute approximate surface area is 236 Å². The number of carbonyl (C=O) groups is 1. The fourth-order valence-corrected chi connectivity index (χ4v) is 6.36. The van der Waals surface area contributed by atoms with Crippen molar-refractivity contribution in [2.75, 3.05) is 31.2 Å². The Balaban J connectivity index is 1.01. The number of hydrogen-bond acceptors (Lipinski definition) is 8. The van der Waals surface area contributed by atoms with Gasteiger partial charge in [-0.05, 0) is 67.9 Å². The molecule has 1 N–H and O–H groups in total. The van der Waals surface area contributed by atoms with E-state index in [1.807, 2.05) is 31.3 Å². The van der Waals surface area contributed by atoms with Gasteiger partial charge in [-0.3, -0.25) is 4.98 Å². The molecule has 0 spiro atoms. The molecule has 1 aromatic carbocycles. The van der Waals surface area contributed by atoms with Gasteiger partial charge in [0.1, 0.15) is 23.3 Å². The van der Waals surface area contributed by atoms with E-state index in [2.05, 4.69) is 44.3 Å². The lowest BCUT2D eigenvalue weighted by atomic mass is 10.0. The number of aryl methyl sites for hydroxylation is 1. The van der Waals surface area contributed by atoms with E-state index in [0.717, 1.165) is 65.3 Å². The fraction of sp³-hybridized carbons (Fsp3) is 0.375. The zero-order valence-corrected chi connectivity index (χ0v) is 22.7. The Bertz CT molecular complexity index is 1690. The van der Waals surface area contributed by atoms with Crippen molar-refractivity contribution in [1.29, 1.82) is 0 Å². The SMILES string of the molecule is Cc1ncccc1-c1noc(C2CC2)c1/C=C/C1C2CN(c3ccc4nc(C(=O)O)cc(OC5COC5)c4c3)CC12. The second-order valence-electron chi connectivity index (χ2n) is 11.7. The highest BCUT2D eigenvalue weighted by atomic mass is 16.6. The summed E-state index contributed by atoms with van der Waals surface area (Å²) in [5.74, 6) is 2.70. The van der Waals surface area contributed by atoms with Crippen LogP contribution >= 0.6 is 0 Å². The number of benzene rings is 1. The molecule has 9 nitrogen and oxygen atoms in total. The van der Waals surface area contributed by atoms with Crippen LogP contribution < -0.4 is 9.64 Å². The summed E-state index contributed by atoms with van der Waals surface area (Å²) in [6.07, 6.45) is 8.67. The Morgan fingerprint density at radius 1 is 1.15 bits per heavy atom. The summed E-state index contributed by atoms with van der Waals surface area (Å²) in [5, 5.41) is 14.8. The molecule has 208 valence electrons. The zero-order valence-electron chi connectivity index (χ0n) is 22.7. The van der Waals surface area contributed by atoms with Gasteiger partial charge in [0.25, 0.3) is 0 Å². The molecule has 2 aliphatic carbocycles. The molecule has 2 atom stereocenters. The van der Waals surface area contributed by atoms with Crippen molar-refractivity contribution in [3.63, 3.8) is 0 Å². The van der Waals surface area contributed by atoms with E-state index in [1.165, 1.54) is 6.07 Å². The van der Waals surface area contributed by atoms with Crippen molar-refractivity contribution < 1.29 is 23.9 Å². The summed E-state index contributed by atoms with van der Waals surface area (Å²) < 4.78 is 17.2. The third-order valence-electron chi connectivity index (χ3n) is 8.95. The third kappa shape index (κ3) is 4.35. The van der Waals surface area contributed by atoms with Gasteiger partial charge in [0.15, 0.2) is 5.69 Å². The fourth-order valence-electron chi connectivity index (χ4n) is 6.36. The number of aromatic carboxylic acids is 1. The maximum Gasteiger partial charge on any atom is 0.354 e. The van der Waals surface area contributed by atoms with Gasteiger partial charge in [0.2, 0.25) is 0 Å². The summed E-state index contributed by atoms with van der Waals surface area (Å²) >= 11 is 0. The second kappa shape index (κ2) is 9.41. The number of carboxylic acids is 1. The normalized spacial score (nSPS) is 23.6. The molecule has 8 rings (SSSR count). The van der Waals surface area contributed by atoms with Gasteiger partial charge < -0.3 is 24.0 Å². The number of aromatic nitrogens is 3. The van der Waals surface area contributed by atoms with Crippen LogP contribution in [0.5, 0.6) is 5.75 Å². The summed E-state index contributed by atoms with van der Waals surface area (Å²) in [5.41, 5.74) is 5.69. The average Bonchev–Trinajstić information content (AvgIpc) is 3.81. The lowest BCUT2D eigenvalue weighted by Crippen LogP contribution is -2.38. The number of fused-ring (bicyclic) bond motifs is 2. The van der Waals surface area contributed by atoms with E-state index >= 15 is 0 Å². The predicted octanol–water partition coefficient (Wildman–Crippen LogP) is 5.34. The number of rotatable bonds is 8. The zero-order chi connectivity index (χ0) is 27.7. The molecule has 4 fully saturated rings. The van der Waals surface area contributed by atoms with E-state index < -0.39 is 5.97 Å². The number of hydrogen-bond donors (Lipinski definition) is 1. The molecule has 5 heterocycles. The first kappa shape index (κ1) is 24.5. The molecule has 3 aromatic heterocycles. The summed E-state index contributed by atoms with van der Waals surface area (Å²) in [6, 6.07) is 11.6. The van der Waals surface area contributed by atoms with Crippen LogP contribution in [0, 0.1) is 24.7 Å². The molecule has 4 aliphatic rings. The molecular weight excluding hydrogens is 520 g/mol. The van der Waals surface area contributed by atoms with Gasteiger partial charge in [0.05, 0.1) is 18.7 Å². The number of carboxylic acid groups (broad SMARTS) is 1. The number of nitrogens with zero attached hydrogens (tertiary/aromatic N) is 4. The number of allylic oxidation sites excluding steroid dienone is 1. The monoisotopic (exact) mass is 550 g/mol. The number of ether oxygens (including phenoxy) is 2. The van der Waals surface area contributed by atoms with Gasteiger partial charge >= 0.3 is 5.97 Å². The number of anilines is 1. The van der Waals surface area contributed by atoms with E-state index in [4.69, 9.17) is 14.0 Å². The van der Waals surface area contributed by atoms with Crippen LogP contribution in [0.15, 0.2) is 53.2 Å². The van der Waals surface area contributed by atoms with E-state index in [1.54, 1.807) is 0 Å². The molecule has 2 aliphatic heterocycles. The minimum Gasteiger partial charge on any atom is -0.485 e. The first-order valence-corrected chi connectivity index (χ1v) is 14.3. The molecule has 2 saturated heterocycles. The molecular formula is C32H30N4O5. The highest BCUT2D eigenvalue weighted by Gasteiger charge is 2.54. The summed E-state index contributed by atoms with van der Waals surface area (Å²) in [6.45, 7) is 4.99. The maximum atomic E-state index is 11.6. The second-order valence-corrected chi connectivity index (χ2v) is 11.7. The molecule has 2 unspecified atom stereocenters. The topological polar surface area (TPSA) is 111 Å². The lowest BCUT2D eigenvalue weighted by molar-refractivity contribution is -0.0791. The van der Waals surface area contributed by atoms with Crippen LogP contribution in [0.3, 0.4) is 0 Å². The van der Waals surface area contributed by atoms with Crippen molar-refractivity contribution in [2.24, 2.45) is 17.8 Å². The molecule has 2 saturated carbocycles. The van der Waals surface area contributed by atoms with Gasteiger partial charge in [-0.2, -0.15) is 0 Å². The minimum atomic E-state index is -1.07. The molecule has 4 aromatic rings. The molecule has 0 amide bonds. The van der Waals surface area contributed by atoms with Gasteiger partial charge in [-0.15, -0.1) is 0 Å². The van der Waals surface area contributed by atoms with Crippen LogP contribution in [0.4, 0.5) is 5.69 Å². The van der Waals surface area contributed by atoms with Gasteiger partial charge in [-0.1, -0.05) is 17.3 Å². The number of piperidine rings is 1. The summed E-state index contributed by atoms with van der Waals surface area (Å²) in [7, 11) is 0. The Morgan fingerprint density at radius 3 is 2.68 bits per heavy atom. The highest BCUT2D eigenvalue weighted by molar-refractivity contribution is 5.94. The third-order valence-corrected chi connectivity index (χ3v) is 8.95. The smallest absolute Gasteiger partial charge is 0.354 e. The van der Waals surface area contributed by atoms with Crippen LogP contribution in [-0.4, -0.2) is 58.6 Å². The largest absolute Gasteiger partial charge is 0.485 e. The first-order valence-electron chi connectivity index (χ1n) is 14.3. The van der Waals surface area contributed by atoms with Gasteiger partial charge in [0, 0.05) is 59.2 Å². The Kier molecular flexibility index (Phi) is 5.63. The predicted molar refractivity (Wildman–Crippen MR) is 152 cm³/mol. The minimum absolute atomic E-state index is 0.0166. The first-order chi connectivity index (χ1) is 20.0. The van der Waals surface area contributed by atoms with Crippen molar-refractivity contribution in [1.82, 2.24) is 15.1 Å². The van der Waals surface area contributed by atoms with Crippen LogP contribution in [-0.2, 0) is 4.74 Å². The van der Waals surface area contributed by atoms with Crippen molar-refractivity contribution >= 4 is 28.6 Å². The average molecular weight is 551 g/mol. The maximum absolute atomic E-state index is 11.6. The van der Waals surface area contributed by atoms with E-state index in [0.29, 0.717) is 48.2 Å². The van der Waals surface area contributed by atoms with Crippen molar-refractivity contribution in [3.05, 3.63) is 71.4 Å². The molecule has 0 bridgehead atoms. The van der Waals surface area contributed by atoms with E-state index in [9.17, 15) is 9.90 Å². The summed E-state index contributed by atoms with van der Waals surface area (Å²) in [4.78, 5) is 22.9. The van der Waals surface area contributed by atoms with Crippen molar-refractivity contribution in [3.8, 4) is 17.0 Å². The van der Waals surface area contributed by atoms with E-state index in [-0.39, 0.29) is 11.8 Å². The quantitative estimate of drug-likeness (QED) is 0.311. The Hall–Kier alpha value is -4.24. The van der Waals surface area contributed by atoms with Crippen LogP contribution in [0.1, 0.15) is 46.3 Å². The Morgan fingerprint density at radius 2 is 1.98 bits per heavy atom. The molecule has 0 radical (unpaired) electrons.